The molecule has 0 aliphatic carbocycles. The lowest BCUT2D eigenvalue weighted by Gasteiger charge is -2.18. The SMILES string of the molecule is CCCOc1ccc(I)cc1C(=O)N[C@@H](CO)Cc1c[nH]c2ccccc12. The third-order valence-electron chi connectivity index (χ3n) is 4.34. The standard InChI is InChI=1S/C21H23IN2O3/c1-2-9-27-20-8-7-15(22)11-18(20)21(26)24-16(13-25)10-14-12-23-19-6-4-3-5-17(14)19/h3-8,11-12,16,23,25H,2,9-10,13H2,1H3,(H,24,26)/t16-/m1/s1. The van der Waals surface area contributed by atoms with Crippen molar-refractivity contribution in [2.75, 3.05) is 13.2 Å². The summed E-state index contributed by atoms with van der Waals surface area (Å²) >= 11 is 2.17. The number of aliphatic hydroxyl groups excluding tert-OH is 1. The molecule has 0 fully saturated rings. The Hall–Kier alpha value is -2.06. The average Bonchev–Trinajstić information content (AvgIpc) is 3.09. The van der Waals surface area contributed by atoms with Crippen LogP contribution in [0.4, 0.5) is 0 Å². The van der Waals surface area contributed by atoms with Crippen molar-refractivity contribution >= 4 is 39.4 Å². The van der Waals surface area contributed by atoms with Crippen LogP contribution in [0, 0.1) is 3.57 Å². The minimum absolute atomic E-state index is 0.139. The van der Waals surface area contributed by atoms with Gasteiger partial charge in [0.25, 0.3) is 5.91 Å². The number of halogens is 1. The van der Waals surface area contributed by atoms with Crippen molar-refractivity contribution in [3.63, 3.8) is 0 Å². The van der Waals surface area contributed by atoms with Crippen LogP contribution in [0.3, 0.4) is 0 Å². The predicted octanol–water partition coefficient (Wildman–Crippen LogP) is 3.89. The lowest BCUT2D eigenvalue weighted by molar-refractivity contribution is 0.0912. The van der Waals surface area contributed by atoms with Crippen LogP contribution in [0.2, 0.25) is 0 Å². The summed E-state index contributed by atoms with van der Waals surface area (Å²) in [5.41, 5.74) is 2.60. The number of rotatable bonds is 8. The fourth-order valence-electron chi connectivity index (χ4n) is 3.01. The molecule has 1 amide bonds. The number of ether oxygens (including phenoxy) is 1. The number of aromatic amines is 1. The molecule has 142 valence electrons. The largest absolute Gasteiger partial charge is 0.493 e. The van der Waals surface area contributed by atoms with Crippen LogP contribution in [0.15, 0.2) is 48.7 Å². The summed E-state index contributed by atoms with van der Waals surface area (Å²) in [5, 5.41) is 13.8. The maximum absolute atomic E-state index is 12.8. The van der Waals surface area contributed by atoms with E-state index < -0.39 is 0 Å². The number of aliphatic hydroxyl groups is 1. The summed E-state index contributed by atoms with van der Waals surface area (Å²) in [5.74, 6) is 0.331. The number of H-pyrrole nitrogens is 1. The Kier molecular flexibility index (Phi) is 6.73. The van der Waals surface area contributed by atoms with Crippen molar-refractivity contribution in [2.45, 2.75) is 25.8 Å². The number of hydrogen-bond donors (Lipinski definition) is 3. The molecule has 0 spiro atoms. The Morgan fingerprint density at radius 1 is 1.30 bits per heavy atom. The van der Waals surface area contributed by atoms with E-state index in [-0.39, 0.29) is 18.6 Å². The molecule has 1 heterocycles. The topological polar surface area (TPSA) is 74.3 Å². The summed E-state index contributed by atoms with van der Waals surface area (Å²) < 4.78 is 6.67. The highest BCUT2D eigenvalue weighted by Crippen LogP contribution is 2.23. The van der Waals surface area contributed by atoms with Gasteiger partial charge in [0.1, 0.15) is 5.75 Å². The molecule has 3 rings (SSSR count). The van der Waals surface area contributed by atoms with Crippen molar-refractivity contribution < 1.29 is 14.6 Å². The van der Waals surface area contributed by atoms with E-state index >= 15 is 0 Å². The first-order chi connectivity index (χ1) is 13.1. The zero-order chi connectivity index (χ0) is 19.2. The van der Waals surface area contributed by atoms with Gasteiger partial charge in [-0.2, -0.15) is 0 Å². The molecule has 3 N–H and O–H groups in total. The van der Waals surface area contributed by atoms with Gasteiger partial charge in [0.2, 0.25) is 0 Å². The fraction of sp³-hybridized carbons (Fsp3) is 0.286. The van der Waals surface area contributed by atoms with Gasteiger partial charge in [-0.15, -0.1) is 0 Å². The monoisotopic (exact) mass is 478 g/mol. The Balaban J connectivity index is 1.76. The van der Waals surface area contributed by atoms with Crippen LogP contribution in [0.25, 0.3) is 10.9 Å². The van der Waals surface area contributed by atoms with Crippen molar-refractivity contribution in [1.82, 2.24) is 10.3 Å². The minimum Gasteiger partial charge on any atom is -0.493 e. The van der Waals surface area contributed by atoms with Crippen molar-refractivity contribution in [3.8, 4) is 5.75 Å². The van der Waals surface area contributed by atoms with Crippen LogP contribution < -0.4 is 10.1 Å². The molecular weight excluding hydrogens is 455 g/mol. The number of para-hydroxylation sites is 1. The van der Waals surface area contributed by atoms with E-state index in [1.165, 1.54) is 0 Å². The third-order valence-corrected chi connectivity index (χ3v) is 5.02. The van der Waals surface area contributed by atoms with Gasteiger partial charge in [0.15, 0.2) is 0 Å². The maximum Gasteiger partial charge on any atom is 0.255 e. The highest BCUT2D eigenvalue weighted by Gasteiger charge is 2.19. The van der Waals surface area contributed by atoms with E-state index in [9.17, 15) is 9.90 Å². The number of nitrogens with one attached hydrogen (secondary N) is 2. The van der Waals surface area contributed by atoms with E-state index in [1.54, 1.807) is 6.07 Å². The second-order valence-corrected chi connectivity index (χ2v) is 7.65. The number of amides is 1. The van der Waals surface area contributed by atoms with Gasteiger partial charge in [0, 0.05) is 20.7 Å². The Bertz CT molecular complexity index is 923. The first kappa shape index (κ1) is 19.7. The second kappa shape index (κ2) is 9.23. The Morgan fingerprint density at radius 2 is 2.11 bits per heavy atom. The van der Waals surface area contributed by atoms with Gasteiger partial charge < -0.3 is 20.1 Å². The first-order valence-corrected chi connectivity index (χ1v) is 10.1. The van der Waals surface area contributed by atoms with Crippen LogP contribution in [0.5, 0.6) is 5.75 Å². The number of benzene rings is 2. The minimum atomic E-state index is -0.381. The molecule has 1 atom stereocenters. The van der Waals surface area contributed by atoms with Gasteiger partial charge in [-0.25, -0.2) is 0 Å². The molecule has 0 unspecified atom stereocenters. The molecule has 3 aromatic rings. The number of aromatic nitrogens is 1. The fourth-order valence-corrected chi connectivity index (χ4v) is 3.50. The molecule has 2 aromatic carbocycles. The molecule has 0 saturated heterocycles. The molecule has 0 radical (unpaired) electrons. The normalized spacial score (nSPS) is 12.1. The van der Waals surface area contributed by atoms with E-state index in [2.05, 4.69) is 32.9 Å². The summed E-state index contributed by atoms with van der Waals surface area (Å²) in [6.45, 7) is 2.44. The quantitative estimate of drug-likeness (QED) is 0.430. The van der Waals surface area contributed by atoms with Crippen LogP contribution in [-0.2, 0) is 6.42 Å². The van der Waals surface area contributed by atoms with E-state index in [0.717, 1.165) is 26.5 Å². The summed E-state index contributed by atoms with van der Waals surface area (Å²) in [4.78, 5) is 16.1. The molecular formula is C21H23IN2O3. The molecule has 6 heteroatoms. The zero-order valence-electron chi connectivity index (χ0n) is 15.2. The predicted molar refractivity (Wildman–Crippen MR) is 115 cm³/mol. The van der Waals surface area contributed by atoms with E-state index in [0.29, 0.717) is 24.3 Å². The smallest absolute Gasteiger partial charge is 0.255 e. The third kappa shape index (κ3) is 4.81. The van der Waals surface area contributed by atoms with Gasteiger partial charge in [0.05, 0.1) is 24.8 Å². The van der Waals surface area contributed by atoms with Crippen molar-refractivity contribution in [2.24, 2.45) is 0 Å². The highest BCUT2D eigenvalue weighted by atomic mass is 127. The molecule has 5 nitrogen and oxygen atoms in total. The van der Waals surface area contributed by atoms with Crippen molar-refractivity contribution in [3.05, 3.63) is 63.4 Å². The second-order valence-electron chi connectivity index (χ2n) is 6.41. The molecule has 0 aliphatic heterocycles. The summed E-state index contributed by atoms with van der Waals surface area (Å²) in [6.07, 6.45) is 3.34. The molecule has 0 aliphatic rings. The average molecular weight is 478 g/mol. The van der Waals surface area contributed by atoms with Crippen LogP contribution in [-0.4, -0.2) is 35.3 Å². The number of carbonyl (C=O) groups is 1. The first-order valence-electron chi connectivity index (χ1n) is 9.01. The van der Waals surface area contributed by atoms with Crippen LogP contribution in [0.1, 0.15) is 29.3 Å². The number of carbonyl (C=O) groups excluding carboxylic acids is 1. The maximum atomic E-state index is 12.8. The highest BCUT2D eigenvalue weighted by molar-refractivity contribution is 14.1. The van der Waals surface area contributed by atoms with Crippen LogP contribution >= 0.6 is 22.6 Å². The number of fused-ring (bicyclic) bond motifs is 1. The van der Waals surface area contributed by atoms with Gasteiger partial charge in [-0.1, -0.05) is 25.1 Å². The lowest BCUT2D eigenvalue weighted by Crippen LogP contribution is -2.39. The molecule has 1 aromatic heterocycles. The molecule has 0 bridgehead atoms. The molecule has 0 saturated carbocycles. The lowest BCUT2D eigenvalue weighted by atomic mass is 10.0. The van der Waals surface area contributed by atoms with Gasteiger partial charge in [-0.05, 0) is 65.3 Å². The molecule has 27 heavy (non-hydrogen) atoms. The number of hydrogen-bond acceptors (Lipinski definition) is 3. The van der Waals surface area contributed by atoms with Gasteiger partial charge >= 0.3 is 0 Å². The Morgan fingerprint density at radius 3 is 2.89 bits per heavy atom. The van der Waals surface area contributed by atoms with Gasteiger partial charge in [-0.3, -0.25) is 4.79 Å². The Labute approximate surface area is 172 Å². The zero-order valence-corrected chi connectivity index (χ0v) is 17.3. The summed E-state index contributed by atoms with van der Waals surface area (Å²) in [7, 11) is 0. The van der Waals surface area contributed by atoms with E-state index in [1.807, 2.05) is 49.5 Å². The summed E-state index contributed by atoms with van der Waals surface area (Å²) in [6, 6.07) is 13.2. The van der Waals surface area contributed by atoms with E-state index in [4.69, 9.17) is 4.74 Å². The van der Waals surface area contributed by atoms with Crippen molar-refractivity contribution in [1.29, 1.82) is 0 Å².